The van der Waals surface area contributed by atoms with Crippen molar-refractivity contribution in [2.45, 2.75) is 20.0 Å². The van der Waals surface area contributed by atoms with Crippen LogP contribution in [0.4, 0.5) is 0 Å². The quantitative estimate of drug-likeness (QED) is 0.770. The van der Waals surface area contributed by atoms with Crippen molar-refractivity contribution in [2.75, 3.05) is 0 Å². The topological polar surface area (TPSA) is 33.0 Å². The van der Waals surface area contributed by atoms with Gasteiger partial charge < -0.3 is 4.74 Å². The Hall–Kier alpha value is -1.53. The standard InChI is InChI=1S/C12H11NOS/c1-8(2)14-12-9-5-3-4-6-10(9)15-11(12)7-13/h3-6,8H,1-2H3. The fourth-order valence-electron chi connectivity index (χ4n) is 1.45. The second-order valence-electron chi connectivity index (χ2n) is 3.53. The van der Waals surface area contributed by atoms with Crippen molar-refractivity contribution in [3.8, 4) is 11.8 Å². The van der Waals surface area contributed by atoms with Gasteiger partial charge >= 0.3 is 0 Å². The average molecular weight is 217 g/mol. The van der Waals surface area contributed by atoms with Gasteiger partial charge in [-0.2, -0.15) is 5.26 Å². The Labute approximate surface area is 92.7 Å². The smallest absolute Gasteiger partial charge is 0.156 e. The molecule has 0 saturated carbocycles. The molecule has 0 amide bonds. The number of thiophene rings is 1. The predicted molar refractivity (Wildman–Crippen MR) is 62.3 cm³/mol. The SMILES string of the molecule is CC(C)Oc1c(C#N)sc2ccccc12. The van der Waals surface area contributed by atoms with Gasteiger partial charge in [-0.25, -0.2) is 0 Å². The van der Waals surface area contributed by atoms with Gasteiger partial charge in [0, 0.05) is 10.1 Å². The van der Waals surface area contributed by atoms with Gasteiger partial charge in [0.1, 0.15) is 10.9 Å². The Morgan fingerprint density at radius 2 is 2.07 bits per heavy atom. The third-order valence-electron chi connectivity index (χ3n) is 2.01. The van der Waals surface area contributed by atoms with Crippen LogP contribution < -0.4 is 4.74 Å². The maximum absolute atomic E-state index is 9.01. The monoisotopic (exact) mass is 217 g/mol. The molecule has 0 fully saturated rings. The van der Waals surface area contributed by atoms with E-state index in [0.29, 0.717) is 4.88 Å². The van der Waals surface area contributed by atoms with E-state index in [0.717, 1.165) is 15.8 Å². The van der Waals surface area contributed by atoms with Gasteiger partial charge in [-0.05, 0) is 26.0 Å². The molecule has 2 rings (SSSR count). The lowest BCUT2D eigenvalue weighted by Gasteiger charge is -2.08. The first kappa shape index (κ1) is 10.0. The molecule has 76 valence electrons. The van der Waals surface area contributed by atoms with Gasteiger partial charge in [0.25, 0.3) is 0 Å². The second-order valence-corrected chi connectivity index (χ2v) is 4.59. The summed E-state index contributed by atoms with van der Waals surface area (Å²) in [7, 11) is 0. The molecule has 15 heavy (non-hydrogen) atoms. The van der Waals surface area contributed by atoms with Crippen molar-refractivity contribution in [2.24, 2.45) is 0 Å². The van der Waals surface area contributed by atoms with Crippen LogP contribution in [0.2, 0.25) is 0 Å². The molecule has 1 aromatic carbocycles. The van der Waals surface area contributed by atoms with Crippen molar-refractivity contribution < 1.29 is 4.74 Å². The van der Waals surface area contributed by atoms with E-state index in [2.05, 4.69) is 6.07 Å². The summed E-state index contributed by atoms with van der Waals surface area (Å²) in [6.07, 6.45) is 0.0927. The molecule has 0 atom stereocenters. The van der Waals surface area contributed by atoms with Gasteiger partial charge in [-0.15, -0.1) is 11.3 Å². The molecule has 2 aromatic rings. The molecular formula is C12H11NOS. The number of benzene rings is 1. The highest BCUT2D eigenvalue weighted by Crippen LogP contribution is 2.37. The van der Waals surface area contributed by atoms with Crippen molar-refractivity contribution in [1.82, 2.24) is 0 Å². The second kappa shape index (κ2) is 3.92. The number of fused-ring (bicyclic) bond motifs is 1. The molecule has 0 aliphatic heterocycles. The molecule has 0 aliphatic carbocycles. The molecule has 1 aromatic heterocycles. The average Bonchev–Trinajstić information content (AvgIpc) is 2.56. The number of hydrogen-bond acceptors (Lipinski definition) is 3. The lowest BCUT2D eigenvalue weighted by Crippen LogP contribution is -2.05. The van der Waals surface area contributed by atoms with E-state index in [1.807, 2.05) is 38.1 Å². The molecule has 0 saturated heterocycles. The summed E-state index contributed by atoms with van der Waals surface area (Å²) < 4.78 is 6.78. The Kier molecular flexibility index (Phi) is 2.61. The van der Waals surface area contributed by atoms with Crippen LogP contribution in [-0.4, -0.2) is 6.10 Å². The first-order valence-electron chi connectivity index (χ1n) is 4.80. The summed E-state index contributed by atoms with van der Waals surface area (Å²) in [5.41, 5.74) is 0. The van der Waals surface area contributed by atoms with E-state index in [1.54, 1.807) is 0 Å². The van der Waals surface area contributed by atoms with E-state index in [-0.39, 0.29) is 6.10 Å². The summed E-state index contributed by atoms with van der Waals surface area (Å²) in [6.45, 7) is 3.93. The maximum atomic E-state index is 9.01. The van der Waals surface area contributed by atoms with Crippen LogP contribution in [0.25, 0.3) is 10.1 Å². The van der Waals surface area contributed by atoms with Crippen LogP contribution in [0.5, 0.6) is 5.75 Å². The fourth-order valence-corrected chi connectivity index (χ4v) is 2.38. The molecule has 0 radical (unpaired) electrons. The van der Waals surface area contributed by atoms with E-state index in [9.17, 15) is 0 Å². The zero-order valence-electron chi connectivity index (χ0n) is 8.65. The van der Waals surface area contributed by atoms with Crippen molar-refractivity contribution >= 4 is 21.4 Å². The summed E-state index contributed by atoms with van der Waals surface area (Å²) >= 11 is 1.48. The summed E-state index contributed by atoms with van der Waals surface area (Å²) in [5.74, 6) is 0.730. The molecule has 0 N–H and O–H groups in total. The minimum absolute atomic E-state index is 0.0927. The molecular weight excluding hydrogens is 206 g/mol. The maximum Gasteiger partial charge on any atom is 0.156 e. The van der Waals surface area contributed by atoms with Gasteiger partial charge in [-0.3, -0.25) is 0 Å². The third-order valence-corrected chi connectivity index (χ3v) is 3.06. The van der Waals surface area contributed by atoms with E-state index in [1.165, 1.54) is 11.3 Å². The summed E-state index contributed by atoms with van der Waals surface area (Å²) in [4.78, 5) is 0.657. The lowest BCUT2D eigenvalue weighted by atomic mass is 10.2. The number of ether oxygens (including phenoxy) is 1. The van der Waals surface area contributed by atoms with Gasteiger partial charge in [0.15, 0.2) is 5.75 Å². The predicted octanol–water partition coefficient (Wildman–Crippen LogP) is 3.56. The third kappa shape index (κ3) is 1.81. The molecule has 0 unspecified atom stereocenters. The zero-order chi connectivity index (χ0) is 10.8. The van der Waals surface area contributed by atoms with Crippen molar-refractivity contribution in [3.63, 3.8) is 0 Å². The molecule has 0 bridgehead atoms. The van der Waals surface area contributed by atoms with Crippen LogP contribution >= 0.6 is 11.3 Å². The van der Waals surface area contributed by atoms with Gasteiger partial charge in [-0.1, -0.05) is 12.1 Å². The minimum atomic E-state index is 0.0927. The molecule has 0 aliphatic rings. The van der Waals surface area contributed by atoms with E-state index >= 15 is 0 Å². The summed E-state index contributed by atoms with van der Waals surface area (Å²) in [6, 6.07) is 10.1. The lowest BCUT2D eigenvalue weighted by molar-refractivity contribution is 0.246. The Morgan fingerprint density at radius 1 is 1.33 bits per heavy atom. The van der Waals surface area contributed by atoms with Crippen LogP contribution in [-0.2, 0) is 0 Å². The van der Waals surface area contributed by atoms with Crippen LogP contribution in [0.1, 0.15) is 18.7 Å². The largest absolute Gasteiger partial charge is 0.488 e. The Morgan fingerprint density at radius 3 is 2.73 bits per heavy atom. The molecule has 0 spiro atoms. The molecule has 1 heterocycles. The highest BCUT2D eigenvalue weighted by Gasteiger charge is 2.13. The van der Waals surface area contributed by atoms with Crippen LogP contribution in [0.15, 0.2) is 24.3 Å². The van der Waals surface area contributed by atoms with Crippen LogP contribution in [0, 0.1) is 11.3 Å². The molecule has 2 nitrogen and oxygen atoms in total. The van der Waals surface area contributed by atoms with Crippen molar-refractivity contribution in [1.29, 1.82) is 5.26 Å². The first-order chi connectivity index (χ1) is 7.22. The highest BCUT2D eigenvalue weighted by atomic mass is 32.1. The first-order valence-corrected chi connectivity index (χ1v) is 5.62. The number of nitrogens with zero attached hydrogens (tertiary/aromatic N) is 1. The van der Waals surface area contributed by atoms with Crippen molar-refractivity contribution in [3.05, 3.63) is 29.1 Å². The Balaban J connectivity index is 2.63. The van der Waals surface area contributed by atoms with Gasteiger partial charge in [0.05, 0.1) is 6.10 Å². The summed E-state index contributed by atoms with van der Waals surface area (Å²) in [5, 5.41) is 10.0. The molecule has 3 heteroatoms. The van der Waals surface area contributed by atoms with Gasteiger partial charge in [0.2, 0.25) is 0 Å². The normalized spacial score (nSPS) is 10.5. The van der Waals surface area contributed by atoms with E-state index in [4.69, 9.17) is 10.00 Å². The number of rotatable bonds is 2. The number of nitriles is 1. The fraction of sp³-hybridized carbons (Fsp3) is 0.250. The Bertz CT molecular complexity index is 522. The van der Waals surface area contributed by atoms with Crippen LogP contribution in [0.3, 0.4) is 0 Å². The zero-order valence-corrected chi connectivity index (χ0v) is 9.47. The minimum Gasteiger partial charge on any atom is -0.488 e. The number of hydrogen-bond donors (Lipinski definition) is 0. The highest BCUT2D eigenvalue weighted by molar-refractivity contribution is 7.20. The van der Waals surface area contributed by atoms with E-state index < -0.39 is 0 Å².